The minimum Gasteiger partial charge on any atom is -0.389 e. The van der Waals surface area contributed by atoms with Gasteiger partial charge in [0.1, 0.15) is 0 Å². The predicted octanol–water partition coefficient (Wildman–Crippen LogP) is 4.28. The van der Waals surface area contributed by atoms with Crippen LogP contribution >= 0.6 is 0 Å². The molecule has 0 bridgehead atoms. The maximum atomic E-state index is 11.7. The van der Waals surface area contributed by atoms with Gasteiger partial charge in [-0.1, -0.05) is 25.2 Å². The number of hydrogen-bond donors (Lipinski definition) is 1. The molecule has 0 aromatic rings. The summed E-state index contributed by atoms with van der Waals surface area (Å²) in [7, 11) is 0. The number of rotatable bonds is 2. The lowest BCUT2D eigenvalue weighted by Gasteiger charge is -2.48. The zero-order valence-electron chi connectivity index (χ0n) is 14.0. The fraction of sp³-hybridized carbons (Fsp3) is 0.571. The van der Waals surface area contributed by atoms with Gasteiger partial charge in [0, 0.05) is 11.8 Å². The monoisotopic (exact) mass is 310 g/mol. The van der Waals surface area contributed by atoms with Gasteiger partial charge in [-0.05, 0) is 73.2 Å². The molecule has 0 radical (unpaired) electrons. The van der Waals surface area contributed by atoms with Crippen LogP contribution in [-0.4, -0.2) is 16.5 Å². The van der Waals surface area contributed by atoms with Gasteiger partial charge >= 0.3 is 0 Å². The van der Waals surface area contributed by atoms with Gasteiger partial charge in [0.25, 0.3) is 0 Å². The summed E-state index contributed by atoms with van der Waals surface area (Å²) >= 11 is 0. The molecule has 0 heterocycles. The van der Waals surface area contributed by atoms with E-state index in [0.717, 1.165) is 32.1 Å². The fourth-order valence-electron chi connectivity index (χ4n) is 5.68. The smallest absolute Gasteiger partial charge is 0.156 e. The Bertz CT molecular complexity index is 665. The second-order valence-corrected chi connectivity index (χ2v) is 8.00. The standard InChI is InChI=1S/C21H26O2/c1-3-10-21(23)12-9-19-18-6-4-14-13-15(22)5-7-16(14)17(18)8-11-20(19,21)2/h3,8,11,13,18-19,23H,1,4-7,9-10,12H2,2H3/t18-,19-,20+,21+/m1/s1. The first-order valence-corrected chi connectivity index (χ1v) is 8.98. The molecular formula is C21H26O2. The Morgan fingerprint density at radius 3 is 2.96 bits per heavy atom. The van der Waals surface area contributed by atoms with Crippen molar-refractivity contribution in [3.05, 3.63) is 47.6 Å². The van der Waals surface area contributed by atoms with Gasteiger partial charge in [0.05, 0.1) is 5.60 Å². The highest BCUT2D eigenvalue weighted by Gasteiger charge is 2.58. The summed E-state index contributed by atoms with van der Waals surface area (Å²) in [5, 5.41) is 11.2. The largest absolute Gasteiger partial charge is 0.389 e. The third-order valence-corrected chi connectivity index (χ3v) is 7.04. The number of ketones is 1. The summed E-state index contributed by atoms with van der Waals surface area (Å²) in [6.45, 7) is 6.09. The minimum atomic E-state index is -0.648. The summed E-state index contributed by atoms with van der Waals surface area (Å²) in [5.41, 5.74) is 3.37. The molecule has 0 amide bonds. The molecule has 0 spiro atoms. The third-order valence-electron chi connectivity index (χ3n) is 7.04. The average Bonchev–Trinajstić information content (AvgIpc) is 2.79. The van der Waals surface area contributed by atoms with Gasteiger partial charge in [-0.3, -0.25) is 4.79 Å². The van der Waals surface area contributed by atoms with Crippen LogP contribution in [-0.2, 0) is 4.79 Å². The predicted molar refractivity (Wildman–Crippen MR) is 91.8 cm³/mol. The number of carbonyl (C=O) groups excluding carboxylic acids is 1. The van der Waals surface area contributed by atoms with Crippen LogP contribution in [0.2, 0.25) is 0 Å². The Morgan fingerprint density at radius 1 is 1.35 bits per heavy atom. The molecule has 1 N–H and O–H groups in total. The molecule has 122 valence electrons. The maximum absolute atomic E-state index is 11.7. The van der Waals surface area contributed by atoms with Crippen molar-refractivity contribution in [2.75, 3.05) is 0 Å². The lowest BCUT2D eigenvalue weighted by atomic mass is 9.58. The molecular weight excluding hydrogens is 284 g/mol. The van der Waals surface area contributed by atoms with E-state index in [-0.39, 0.29) is 11.2 Å². The molecule has 4 rings (SSSR count). The molecule has 0 unspecified atom stereocenters. The van der Waals surface area contributed by atoms with Crippen LogP contribution in [0, 0.1) is 17.3 Å². The molecule has 23 heavy (non-hydrogen) atoms. The fourth-order valence-corrected chi connectivity index (χ4v) is 5.68. The molecule has 1 fully saturated rings. The molecule has 0 aromatic carbocycles. The summed E-state index contributed by atoms with van der Waals surface area (Å²) in [4.78, 5) is 11.7. The molecule has 0 aromatic heterocycles. The molecule has 4 aliphatic rings. The molecule has 2 nitrogen and oxygen atoms in total. The van der Waals surface area contributed by atoms with Crippen LogP contribution in [0.4, 0.5) is 0 Å². The Labute approximate surface area is 138 Å². The van der Waals surface area contributed by atoms with Crippen molar-refractivity contribution in [2.24, 2.45) is 17.3 Å². The van der Waals surface area contributed by atoms with E-state index in [2.05, 4.69) is 25.7 Å². The van der Waals surface area contributed by atoms with Crippen LogP contribution in [0.5, 0.6) is 0 Å². The van der Waals surface area contributed by atoms with Gasteiger partial charge in [0.2, 0.25) is 0 Å². The number of fused-ring (bicyclic) bond motifs is 4. The Kier molecular flexibility index (Phi) is 3.32. The minimum absolute atomic E-state index is 0.151. The molecule has 4 atom stereocenters. The van der Waals surface area contributed by atoms with E-state index in [1.165, 1.54) is 16.7 Å². The van der Waals surface area contributed by atoms with E-state index in [9.17, 15) is 9.90 Å². The first kappa shape index (κ1) is 15.1. The Hall–Kier alpha value is -1.41. The second-order valence-electron chi connectivity index (χ2n) is 8.00. The number of hydrogen-bond acceptors (Lipinski definition) is 2. The average molecular weight is 310 g/mol. The summed E-state index contributed by atoms with van der Waals surface area (Å²) in [6.07, 6.45) is 14.6. The van der Waals surface area contributed by atoms with Gasteiger partial charge in [0.15, 0.2) is 5.78 Å². The zero-order chi connectivity index (χ0) is 16.2. The van der Waals surface area contributed by atoms with Crippen molar-refractivity contribution in [1.82, 2.24) is 0 Å². The lowest BCUT2D eigenvalue weighted by Crippen LogP contribution is -2.47. The van der Waals surface area contributed by atoms with Gasteiger partial charge < -0.3 is 5.11 Å². The van der Waals surface area contributed by atoms with Crippen LogP contribution < -0.4 is 0 Å². The van der Waals surface area contributed by atoms with Crippen LogP contribution in [0.15, 0.2) is 47.6 Å². The highest BCUT2D eigenvalue weighted by molar-refractivity contribution is 5.93. The van der Waals surface area contributed by atoms with E-state index in [1.807, 2.05) is 12.2 Å². The molecule has 2 heteroatoms. The van der Waals surface area contributed by atoms with Crippen molar-refractivity contribution in [3.63, 3.8) is 0 Å². The first-order chi connectivity index (χ1) is 11.0. The number of carbonyl (C=O) groups is 1. The normalized spacial score (nSPS) is 42.0. The van der Waals surface area contributed by atoms with Crippen LogP contribution in [0.25, 0.3) is 0 Å². The Balaban J connectivity index is 1.79. The van der Waals surface area contributed by atoms with Crippen molar-refractivity contribution in [3.8, 4) is 0 Å². The molecule has 0 saturated heterocycles. The number of allylic oxidation sites excluding steroid dienone is 5. The highest BCUT2D eigenvalue weighted by atomic mass is 16.3. The number of aliphatic hydroxyl groups is 1. The summed E-state index contributed by atoms with van der Waals surface area (Å²) in [5.74, 6) is 1.34. The van der Waals surface area contributed by atoms with Crippen molar-refractivity contribution >= 4 is 5.78 Å². The van der Waals surface area contributed by atoms with Crippen LogP contribution in [0.3, 0.4) is 0 Å². The van der Waals surface area contributed by atoms with E-state index < -0.39 is 5.60 Å². The van der Waals surface area contributed by atoms with E-state index in [0.29, 0.717) is 24.7 Å². The molecule has 0 aliphatic heterocycles. The van der Waals surface area contributed by atoms with Gasteiger partial charge in [-0.15, -0.1) is 6.58 Å². The highest BCUT2D eigenvalue weighted by Crippen LogP contribution is 2.61. The van der Waals surface area contributed by atoms with Gasteiger partial charge in [-0.25, -0.2) is 0 Å². The lowest BCUT2D eigenvalue weighted by molar-refractivity contribution is -0.114. The third kappa shape index (κ3) is 2.00. The quantitative estimate of drug-likeness (QED) is 0.773. The summed E-state index contributed by atoms with van der Waals surface area (Å²) in [6, 6.07) is 0. The van der Waals surface area contributed by atoms with Crippen molar-refractivity contribution in [1.29, 1.82) is 0 Å². The molecule has 1 saturated carbocycles. The second kappa shape index (κ2) is 5.04. The zero-order valence-corrected chi connectivity index (χ0v) is 14.0. The molecule has 4 aliphatic carbocycles. The van der Waals surface area contributed by atoms with Crippen molar-refractivity contribution < 1.29 is 9.90 Å². The van der Waals surface area contributed by atoms with E-state index in [4.69, 9.17) is 0 Å². The van der Waals surface area contributed by atoms with Crippen LogP contribution in [0.1, 0.15) is 51.9 Å². The van der Waals surface area contributed by atoms with Crippen molar-refractivity contribution in [2.45, 2.75) is 57.5 Å². The van der Waals surface area contributed by atoms with E-state index in [1.54, 1.807) is 0 Å². The Morgan fingerprint density at radius 2 is 2.17 bits per heavy atom. The maximum Gasteiger partial charge on any atom is 0.156 e. The topological polar surface area (TPSA) is 37.3 Å². The van der Waals surface area contributed by atoms with E-state index >= 15 is 0 Å². The summed E-state index contributed by atoms with van der Waals surface area (Å²) < 4.78 is 0. The first-order valence-electron chi connectivity index (χ1n) is 8.98. The van der Waals surface area contributed by atoms with Gasteiger partial charge in [-0.2, -0.15) is 0 Å². The SMILES string of the molecule is C=CC[C@]1(O)CC[C@@H]2[C@@H]3CCC4=CC(=O)CCC4=C3C=C[C@@]21C.